The highest BCUT2D eigenvalue weighted by atomic mass is 16.3. The first kappa shape index (κ1) is 26.3. The van der Waals surface area contributed by atoms with Gasteiger partial charge in [-0.2, -0.15) is 0 Å². The van der Waals surface area contributed by atoms with E-state index in [0.29, 0.717) is 25.8 Å². The third-order valence-electron chi connectivity index (χ3n) is 6.01. The number of hydrogen-bond donors (Lipinski definition) is 4. The number of rotatable bonds is 12. The molecular weight excluding hydrogens is 454 g/mol. The Balaban J connectivity index is 1.96. The van der Waals surface area contributed by atoms with E-state index in [2.05, 4.69) is 4.99 Å². The maximum atomic E-state index is 14.2. The number of phenols is 1. The molecule has 0 radical (unpaired) electrons. The number of carbonyl (C=O) groups excluding carboxylic acids is 2. The van der Waals surface area contributed by atoms with Crippen molar-refractivity contribution in [3.05, 3.63) is 102 Å². The molecule has 0 heterocycles. The first-order chi connectivity index (χ1) is 17.4. The molecule has 0 unspecified atom stereocenters. The maximum absolute atomic E-state index is 14.2. The van der Waals surface area contributed by atoms with Gasteiger partial charge in [0.05, 0.1) is 5.92 Å². The number of nitrogens with two attached hydrogens (primary N) is 3. The molecule has 3 aromatic carbocycles. The van der Waals surface area contributed by atoms with Gasteiger partial charge in [-0.3, -0.25) is 14.6 Å². The number of hydrogen-bond acceptors (Lipinski definition) is 4. The molecule has 0 aliphatic carbocycles. The van der Waals surface area contributed by atoms with Gasteiger partial charge < -0.3 is 27.2 Å². The Morgan fingerprint density at radius 2 is 1.39 bits per heavy atom. The van der Waals surface area contributed by atoms with Crippen molar-refractivity contribution in [3.63, 3.8) is 0 Å². The van der Waals surface area contributed by atoms with E-state index >= 15 is 0 Å². The lowest BCUT2D eigenvalue weighted by Gasteiger charge is -2.33. The number of phenolic OH excluding ortho intramolecular Hbond substituents is 1. The Morgan fingerprint density at radius 3 is 1.89 bits per heavy atom. The Kier molecular flexibility index (Phi) is 9.45. The minimum absolute atomic E-state index is 0.0286. The standard InChI is InChI=1S/C28H33N5O3/c29-26(35)24(12-7-18-32-28(30)31)33(19-17-20-13-15-23(34)16-14-20)27(36)25(21-8-3-1-4-9-21)22-10-5-2-6-11-22/h1-6,8-11,13-16,24-25,34H,7,12,17-19H2,(H2,29,35)(H4,30,31,32)/t24-/m1/s1. The van der Waals surface area contributed by atoms with Crippen LogP contribution in [-0.2, 0) is 16.0 Å². The predicted octanol–water partition coefficient (Wildman–Crippen LogP) is 2.50. The molecule has 8 heteroatoms. The fraction of sp³-hybridized carbons (Fsp3) is 0.250. The van der Waals surface area contributed by atoms with Gasteiger partial charge in [-0.25, -0.2) is 0 Å². The second-order valence-electron chi connectivity index (χ2n) is 8.57. The summed E-state index contributed by atoms with van der Waals surface area (Å²) in [6, 6.07) is 24.9. The fourth-order valence-electron chi connectivity index (χ4n) is 4.21. The van der Waals surface area contributed by atoms with Crippen LogP contribution in [0.15, 0.2) is 89.9 Å². The summed E-state index contributed by atoms with van der Waals surface area (Å²) < 4.78 is 0. The molecule has 2 amide bonds. The molecule has 0 saturated carbocycles. The molecule has 3 aromatic rings. The molecule has 0 aliphatic heterocycles. The summed E-state index contributed by atoms with van der Waals surface area (Å²) in [5.41, 5.74) is 19.3. The Labute approximate surface area is 211 Å². The molecule has 0 fully saturated rings. The summed E-state index contributed by atoms with van der Waals surface area (Å²) in [5, 5.41) is 9.61. The smallest absolute Gasteiger partial charge is 0.240 e. The second kappa shape index (κ2) is 12.9. The van der Waals surface area contributed by atoms with Gasteiger partial charge in [0.25, 0.3) is 0 Å². The zero-order valence-corrected chi connectivity index (χ0v) is 20.2. The van der Waals surface area contributed by atoms with Crippen molar-refractivity contribution >= 4 is 17.8 Å². The van der Waals surface area contributed by atoms with E-state index in [1.165, 1.54) is 0 Å². The molecule has 7 N–H and O–H groups in total. The van der Waals surface area contributed by atoms with Crippen molar-refractivity contribution in [3.8, 4) is 5.75 Å². The number of aliphatic imine (C=N–C) groups is 1. The number of amides is 2. The van der Waals surface area contributed by atoms with Gasteiger partial charge in [0.2, 0.25) is 11.8 Å². The van der Waals surface area contributed by atoms with E-state index in [1.807, 2.05) is 60.7 Å². The molecule has 3 rings (SSSR count). The van der Waals surface area contributed by atoms with Crippen LogP contribution in [-0.4, -0.2) is 46.9 Å². The largest absolute Gasteiger partial charge is 0.508 e. The van der Waals surface area contributed by atoms with Crippen molar-refractivity contribution in [2.24, 2.45) is 22.2 Å². The Hall–Kier alpha value is -4.33. The quantitative estimate of drug-likeness (QED) is 0.176. The van der Waals surface area contributed by atoms with Gasteiger partial charge in [0.1, 0.15) is 11.8 Å². The molecule has 0 bridgehead atoms. The summed E-state index contributed by atoms with van der Waals surface area (Å²) in [4.78, 5) is 32.4. The highest BCUT2D eigenvalue weighted by Gasteiger charge is 2.34. The van der Waals surface area contributed by atoms with Crippen molar-refractivity contribution in [1.82, 2.24) is 4.90 Å². The highest BCUT2D eigenvalue weighted by Crippen LogP contribution is 2.28. The lowest BCUT2D eigenvalue weighted by Crippen LogP contribution is -2.50. The summed E-state index contributed by atoms with van der Waals surface area (Å²) in [6.07, 6.45) is 1.29. The SMILES string of the molecule is NC(=O)[C@@H](CCCN=C(N)N)N(CCc1ccc(O)cc1)C(=O)C(c1ccccc1)c1ccccc1. The number of primary amides is 1. The average Bonchev–Trinajstić information content (AvgIpc) is 2.87. The maximum Gasteiger partial charge on any atom is 0.240 e. The highest BCUT2D eigenvalue weighted by molar-refractivity contribution is 5.92. The van der Waals surface area contributed by atoms with Gasteiger partial charge in [-0.05, 0) is 48.1 Å². The topological polar surface area (TPSA) is 148 Å². The molecule has 0 saturated heterocycles. The van der Waals surface area contributed by atoms with E-state index in [4.69, 9.17) is 17.2 Å². The predicted molar refractivity (Wildman–Crippen MR) is 141 cm³/mol. The van der Waals surface area contributed by atoms with Crippen LogP contribution in [0.5, 0.6) is 5.75 Å². The molecule has 0 spiro atoms. The van der Waals surface area contributed by atoms with Crippen molar-refractivity contribution in [2.45, 2.75) is 31.2 Å². The van der Waals surface area contributed by atoms with Crippen LogP contribution in [0.1, 0.15) is 35.4 Å². The molecule has 0 aromatic heterocycles. The van der Waals surface area contributed by atoms with Crippen LogP contribution in [0.4, 0.5) is 0 Å². The van der Waals surface area contributed by atoms with Crippen molar-refractivity contribution in [2.75, 3.05) is 13.1 Å². The second-order valence-corrected chi connectivity index (χ2v) is 8.57. The van der Waals surface area contributed by atoms with Crippen LogP contribution in [0, 0.1) is 0 Å². The lowest BCUT2D eigenvalue weighted by atomic mass is 9.89. The van der Waals surface area contributed by atoms with Crippen LogP contribution in [0.3, 0.4) is 0 Å². The third-order valence-corrected chi connectivity index (χ3v) is 6.01. The number of nitrogens with zero attached hydrogens (tertiary/aromatic N) is 2. The summed E-state index contributed by atoms with van der Waals surface area (Å²) in [5.74, 6) is -1.27. The van der Waals surface area contributed by atoms with Crippen LogP contribution in [0.2, 0.25) is 0 Å². The fourth-order valence-corrected chi connectivity index (χ4v) is 4.21. The lowest BCUT2D eigenvalue weighted by molar-refractivity contribution is -0.140. The Morgan fingerprint density at radius 1 is 0.833 bits per heavy atom. The Bertz CT molecular complexity index is 1110. The molecule has 8 nitrogen and oxygen atoms in total. The van der Waals surface area contributed by atoms with E-state index < -0.39 is 17.9 Å². The first-order valence-corrected chi connectivity index (χ1v) is 11.9. The molecule has 188 valence electrons. The molecule has 36 heavy (non-hydrogen) atoms. The first-order valence-electron chi connectivity index (χ1n) is 11.9. The van der Waals surface area contributed by atoms with Crippen LogP contribution < -0.4 is 17.2 Å². The van der Waals surface area contributed by atoms with Gasteiger partial charge in [0, 0.05) is 13.1 Å². The number of guanidine groups is 1. The van der Waals surface area contributed by atoms with Gasteiger partial charge in [-0.1, -0.05) is 72.8 Å². The van der Waals surface area contributed by atoms with E-state index in [0.717, 1.165) is 16.7 Å². The van der Waals surface area contributed by atoms with Gasteiger partial charge >= 0.3 is 0 Å². The van der Waals surface area contributed by atoms with Crippen LogP contribution in [0.25, 0.3) is 0 Å². The molecule has 0 aliphatic rings. The number of aromatic hydroxyl groups is 1. The summed E-state index contributed by atoms with van der Waals surface area (Å²) >= 11 is 0. The summed E-state index contributed by atoms with van der Waals surface area (Å²) in [6.45, 7) is 0.600. The zero-order chi connectivity index (χ0) is 25.9. The van der Waals surface area contributed by atoms with Gasteiger partial charge in [0.15, 0.2) is 5.96 Å². The van der Waals surface area contributed by atoms with Crippen molar-refractivity contribution in [1.29, 1.82) is 0 Å². The number of carbonyl (C=O) groups is 2. The molecular formula is C28H33N5O3. The minimum atomic E-state index is -0.835. The minimum Gasteiger partial charge on any atom is -0.508 e. The van der Waals surface area contributed by atoms with Crippen molar-refractivity contribution < 1.29 is 14.7 Å². The number of benzene rings is 3. The van der Waals surface area contributed by atoms with Crippen LogP contribution >= 0.6 is 0 Å². The van der Waals surface area contributed by atoms with E-state index in [9.17, 15) is 14.7 Å². The zero-order valence-electron chi connectivity index (χ0n) is 20.2. The summed E-state index contributed by atoms with van der Waals surface area (Å²) in [7, 11) is 0. The molecule has 1 atom stereocenters. The third kappa shape index (κ3) is 7.33. The normalized spacial score (nSPS) is 11.6. The van der Waals surface area contributed by atoms with Gasteiger partial charge in [-0.15, -0.1) is 0 Å². The average molecular weight is 488 g/mol. The van der Waals surface area contributed by atoms with E-state index in [1.54, 1.807) is 29.2 Å². The van der Waals surface area contributed by atoms with E-state index in [-0.39, 0.29) is 24.2 Å². The monoisotopic (exact) mass is 487 g/mol.